The Morgan fingerprint density at radius 1 is 1.30 bits per heavy atom. The second-order valence-electron chi connectivity index (χ2n) is 10.3. The maximum absolute atomic E-state index is 14.2. The first-order valence-electron chi connectivity index (χ1n) is 11.3. The molecule has 2 aliphatic rings. The van der Waals surface area contributed by atoms with Crippen LogP contribution >= 0.6 is 0 Å². The summed E-state index contributed by atoms with van der Waals surface area (Å²) in [6.45, 7) is 7.91. The Balaban J connectivity index is 1.68. The Kier molecular flexibility index (Phi) is 6.80. The molecule has 33 heavy (non-hydrogen) atoms. The zero-order chi connectivity index (χ0) is 24.4. The second-order valence-corrected chi connectivity index (χ2v) is 10.3. The number of nitrogens with one attached hydrogen (secondary N) is 1. The Morgan fingerprint density at radius 3 is 2.61 bits per heavy atom. The molecule has 1 aliphatic carbocycles. The largest absolute Gasteiger partial charge is 0.384 e. The predicted octanol–water partition coefficient (Wildman–Crippen LogP) is 3.70. The number of piperidine rings is 1. The van der Waals surface area contributed by atoms with Crippen LogP contribution in [-0.4, -0.2) is 40.4 Å². The molecule has 0 saturated carbocycles. The van der Waals surface area contributed by atoms with Crippen molar-refractivity contribution < 1.29 is 19.1 Å². The maximum Gasteiger partial charge on any atom is 0.251 e. The predicted molar refractivity (Wildman–Crippen MR) is 123 cm³/mol. The average molecular weight is 454 g/mol. The van der Waals surface area contributed by atoms with Crippen molar-refractivity contribution in [3.8, 4) is 6.07 Å². The topological polar surface area (TPSA) is 93.4 Å². The van der Waals surface area contributed by atoms with Gasteiger partial charge in [0.2, 0.25) is 5.91 Å². The number of amides is 2. The van der Waals surface area contributed by atoms with Gasteiger partial charge in [-0.05, 0) is 50.8 Å². The van der Waals surface area contributed by atoms with Crippen molar-refractivity contribution >= 4 is 11.8 Å². The van der Waals surface area contributed by atoms with Gasteiger partial charge in [0, 0.05) is 36.0 Å². The van der Waals surface area contributed by atoms with E-state index in [1.165, 1.54) is 12.1 Å². The van der Waals surface area contributed by atoms with Crippen LogP contribution in [0, 0.1) is 22.6 Å². The number of hydrogen-bond acceptors (Lipinski definition) is 4. The van der Waals surface area contributed by atoms with Gasteiger partial charge in [-0.25, -0.2) is 4.39 Å². The van der Waals surface area contributed by atoms with Gasteiger partial charge in [-0.2, -0.15) is 5.26 Å². The molecule has 0 spiro atoms. The summed E-state index contributed by atoms with van der Waals surface area (Å²) in [5.41, 5.74) is -1.90. The molecule has 1 saturated heterocycles. The van der Waals surface area contributed by atoms with Gasteiger partial charge in [-0.15, -0.1) is 0 Å². The number of aliphatic hydroxyl groups is 1. The third-order valence-corrected chi connectivity index (χ3v) is 6.67. The number of rotatable bonds is 5. The average Bonchev–Trinajstić information content (AvgIpc) is 2.75. The van der Waals surface area contributed by atoms with Crippen molar-refractivity contribution in [2.24, 2.45) is 5.41 Å². The van der Waals surface area contributed by atoms with Gasteiger partial charge in [0.15, 0.2) is 0 Å². The number of nitriles is 1. The van der Waals surface area contributed by atoms with Gasteiger partial charge in [0.05, 0.1) is 11.2 Å². The standard InChI is InChI=1S/C26H32FN3O3/c1-24(2)17-30(13-12-26(24,33)20-11-10-19(16-28)21(27)14-20)22(31)15-25(3,4)29-23(32)18-8-6-5-7-9-18/h6,8-11,14,33H,5,7,12-13,15,17H2,1-4H3,(H,29,32). The molecule has 0 radical (unpaired) electrons. The molecule has 7 heteroatoms. The normalized spacial score (nSPS) is 22.3. The molecular formula is C26H32FN3O3. The molecule has 6 nitrogen and oxygen atoms in total. The summed E-state index contributed by atoms with van der Waals surface area (Å²) in [5, 5.41) is 23.4. The van der Waals surface area contributed by atoms with Crippen LogP contribution in [0.25, 0.3) is 0 Å². The summed E-state index contributed by atoms with van der Waals surface area (Å²) in [5.74, 6) is -0.979. The first kappa shape index (κ1) is 24.7. The quantitative estimate of drug-likeness (QED) is 0.711. The van der Waals surface area contributed by atoms with Crippen molar-refractivity contribution in [1.29, 1.82) is 5.26 Å². The summed E-state index contributed by atoms with van der Waals surface area (Å²) in [7, 11) is 0. The molecule has 0 aromatic heterocycles. The highest BCUT2D eigenvalue weighted by Crippen LogP contribution is 2.46. The molecule has 0 bridgehead atoms. The van der Waals surface area contributed by atoms with Crippen LogP contribution in [0.15, 0.2) is 42.0 Å². The molecule has 2 amide bonds. The van der Waals surface area contributed by atoms with E-state index in [2.05, 4.69) is 5.32 Å². The highest BCUT2D eigenvalue weighted by molar-refractivity contribution is 5.97. The van der Waals surface area contributed by atoms with Gasteiger partial charge in [-0.1, -0.05) is 38.1 Å². The molecule has 3 rings (SSSR count). The van der Waals surface area contributed by atoms with Crippen LogP contribution in [0.3, 0.4) is 0 Å². The van der Waals surface area contributed by atoms with E-state index in [0.29, 0.717) is 17.7 Å². The molecule has 2 N–H and O–H groups in total. The molecule has 1 aromatic carbocycles. The zero-order valence-electron chi connectivity index (χ0n) is 19.7. The Bertz CT molecular complexity index is 1050. The first-order valence-corrected chi connectivity index (χ1v) is 11.3. The van der Waals surface area contributed by atoms with Gasteiger partial charge < -0.3 is 15.3 Å². The lowest BCUT2D eigenvalue weighted by atomic mass is 9.66. The molecule has 1 fully saturated rings. The Labute approximate surface area is 194 Å². The van der Waals surface area contributed by atoms with Crippen LogP contribution in [0.1, 0.15) is 64.5 Å². The lowest BCUT2D eigenvalue weighted by molar-refractivity contribution is -0.154. The smallest absolute Gasteiger partial charge is 0.251 e. The minimum absolute atomic E-state index is 0.0727. The number of allylic oxidation sites excluding steroid dienone is 2. The van der Waals surface area contributed by atoms with E-state index in [1.807, 2.05) is 39.8 Å². The van der Waals surface area contributed by atoms with Crippen molar-refractivity contribution in [2.75, 3.05) is 13.1 Å². The fourth-order valence-electron chi connectivity index (χ4n) is 4.63. The summed E-state index contributed by atoms with van der Waals surface area (Å²) >= 11 is 0. The van der Waals surface area contributed by atoms with Crippen LogP contribution in [0.5, 0.6) is 0 Å². The Hall–Kier alpha value is -2.98. The van der Waals surface area contributed by atoms with E-state index < -0.39 is 22.4 Å². The van der Waals surface area contributed by atoms with E-state index in [4.69, 9.17) is 5.26 Å². The fraction of sp³-hybridized carbons (Fsp3) is 0.500. The van der Waals surface area contributed by atoms with Crippen LogP contribution in [-0.2, 0) is 15.2 Å². The Morgan fingerprint density at radius 2 is 2.03 bits per heavy atom. The van der Waals surface area contributed by atoms with E-state index in [-0.39, 0.29) is 36.8 Å². The minimum atomic E-state index is -1.35. The SMILES string of the molecule is CC(C)(CC(=O)N1CCC(O)(c2ccc(C#N)c(F)c2)C(C)(C)C1)NC(=O)C1=CCCC=C1. The third-order valence-electron chi connectivity index (χ3n) is 6.67. The number of likely N-dealkylation sites (tertiary alicyclic amines) is 1. The number of nitrogens with zero attached hydrogens (tertiary/aromatic N) is 2. The van der Waals surface area contributed by atoms with Crippen molar-refractivity contribution in [2.45, 2.75) is 64.5 Å². The van der Waals surface area contributed by atoms with Gasteiger partial charge >= 0.3 is 0 Å². The van der Waals surface area contributed by atoms with Crippen LogP contribution in [0.2, 0.25) is 0 Å². The van der Waals surface area contributed by atoms with Gasteiger partial charge in [-0.3, -0.25) is 9.59 Å². The highest BCUT2D eigenvalue weighted by Gasteiger charge is 2.50. The van der Waals surface area contributed by atoms with E-state index in [1.54, 1.807) is 23.1 Å². The fourth-order valence-corrected chi connectivity index (χ4v) is 4.63. The molecular weight excluding hydrogens is 421 g/mol. The summed E-state index contributed by atoms with van der Waals surface area (Å²) in [6.07, 6.45) is 7.77. The molecule has 1 aromatic rings. The summed E-state index contributed by atoms with van der Waals surface area (Å²) in [4.78, 5) is 27.4. The van der Waals surface area contributed by atoms with E-state index >= 15 is 0 Å². The van der Waals surface area contributed by atoms with E-state index in [9.17, 15) is 19.1 Å². The third kappa shape index (κ3) is 5.17. The van der Waals surface area contributed by atoms with Crippen LogP contribution in [0.4, 0.5) is 4.39 Å². The summed E-state index contributed by atoms with van der Waals surface area (Å²) in [6, 6.07) is 5.95. The lowest BCUT2D eigenvalue weighted by Gasteiger charge is -2.51. The molecule has 1 unspecified atom stereocenters. The molecule has 1 heterocycles. The van der Waals surface area contributed by atoms with Crippen LogP contribution < -0.4 is 5.32 Å². The number of hydrogen-bond donors (Lipinski definition) is 2. The molecule has 176 valence electrons. The molecule has 1 atom stereocenters. The lowest BCUT2D eigenvalue weighted by Crippen LogP contribution is -2.58. The molecule has 1 aliphatic heterocycles. The first-order chi connectivity index (χ1) is 15.4. The van der Waals surface area contributed by atoms with Crippen molar-refractivity contribution in [1.82, 2.24) is 10.2 Å². The number of halogens is 1. The number of carbonyl (C=O) groups excluding carboxylic acids is 2. The van der Waals surface area contributed by atoms with Crippen molar-refractivity contribution in [3.05, 3.63) is 58.9 Å². The van der Waals surface area contributed by atoms with Gasteiger partial charge in [0.25, 0.3) is 5.91 Å². The highest BCUT2D eigenvalue weighted by atomic mass is 19.1. The zero-order valence-corrected chi connectivity index (χ0v) is 19.7. The minimum Gasteiger partial charge on any atom is -0.384 e. The number of carbonyl (C=O) groups is 2. The van der Waals surface area contributed by atoms with E-state index in [0.717, 1.165) is 12.8 Å². The maximum atomic E-state index is 14.2. The number of benzene rings is 1. The monoisotopic (exact) mass is 453 g/mol. The van der Waals surface area contributed by atoms with Crippen molar-refractivity contribution in [3.63, 3.8) is 0 Å². The van der Waals surface area contributed by atoms with Gasteiger partial charge in [0.1, 0.15) is 11.9 Å². The summed E-state index contributed by atoms with van der Waals surface area (Å²) < 4.78 is 14.2. The second kappa shape index (κ2) is 9.11.